The summed E-state index contributed by atoms with van der Waals surface area (Å²) in [7, 11) is 0. The van der Waals surface area contributed by atoms with Crippen LogP contribution in [0.3, 0.4) is 0 Å². The van der Waals surface area contributed by atoms with E-state index in [1.165, 1.54) is 24.2 Å². The van der Waals surface area contributed by atoms with Crippen molar-refractivity contribution in [1.82, 2.24) is 4.57 Å². The predicted molar refractivity (Wildman–Crippen MR) is 42.2 cm³/mol. The lowest BCUT2D eigenvalue weighted by Crippen LogP contribution is -1.97. The zero-order valence-electron chi connectivity index (χ0n) is 6.59. The molecule has 54 valence electrons. The molecule has 0 aliphatic heterocycles. The van der Waals surface area contributed by atoms with E-state index in [4.69, 9.17) is 0 Å². The summed E-state index contributed by atoms with van der Waals surface area (Å²) in [5.74, 6) is 0. The Hall–Kier alpha value is -0.720. The highest BCUT2D eigenvalue weighted by Gasteiger charge is 2.24. The Labute approximate surface area is 61.7 Å². The minimum Gasteiger partial charge on any atom is -0.346 e. The molecule has 0 radical (unpaired) electrons. The highest BCUT2D eigenvalue weighted by molar-refractivity contribution is 5.16. The Bertz CT molecular complexity index is 224. The third-order valence-corrected chi connectivity index (χ3v) is 2.24. The first kappa shape index (κ1) is 6.02. The van der Waals surface area contributed by atoms with Crippen molar-refractivity contribution < 1.29 is 0 Å². The lowest BCUT2D eigenvalue weighted by Gasteiger charge is -2.05. The summed E-state index contributed by atoms with van der Waals surface area (Å²) in [6.07, 6.45) is 2.77. The van der Waals surface area contributed by atoms with E-state index >= 15 is 0 Å². The molecule has 1 aliphatic rings. The Morgan fingerprint density at radius 3 is 2.10 bits per heavy atom. The second-order valence-electron chi connectivity index (χ2n) is 3.22. The van der Waals surface area contributed by atoms with Gasteiger partial charge in [-0.2, -0.15) is 0 Å². The van der Waals surface area contributed by atoms with Crippen LogP contribution in [0.4, 0.5) is 0 Å². The van der Waals surface area contributed by atoms with Gasteiger partial charge in [0.15, 0.2) is 0 Å². The predicted octanol–water partition coefficient (Wildman–Crippen LogP) is 2.44. The zero-order valence-corrected chi connectivity index (χ0v) is 6.59. The molecule has 1 nitrogen and oxygen atoms in total. The molecule has 1 fully saturated rings. The van der Waals surface area contributed by atoms with Crippen LogP contribution in [0, 0.1) is 13.8 Å². The Morgan fingerprint density at radius 1 is 1.20 bits per heavy atom. The molecule has 1 heterocycles. The minimum atomic E-state index is 0.843. The largest absolute Gasteiger partial charge is 0.346 e. The SMILES string of the molecule is Cc1ccc(C)n1C1CC1. The van der Waals surface area contributed by atoms with E-state index in [0.29, 0.717) is 0 Å². The molecule has 1 aromatic heterocycles. The van der Waals surface area contributed by atoms with Gasteiger partial charge in [0.05, 0.1) is 0 Å². The van der Waals surface area contributed by atoms with Crippen LogP contribution in [0.25, 0.3) is 0 Å². The van der Waals surface area contributed by atoms with E-state index in [1.54, 1.807) is 0 Å². The first-order chi connectivity index (χ1) is 4.79. The summed E-state index contributed by atoms with van der Waals surface area (Å²) in [5.41, 5.74) is 2.83. The van der Waals surface area contributed by atoms with Crippen molar-refractivity contribution in [3.8, 4) is 0 Å². The molecule has 2 rings (SSSR count). The maximum absolute atomic E-state index is 2.44. The molecule has 1 aliphatic carbocycles. The molecule has 0 amide bonds. The van der Waals surface area contributed by atoms with Gasteiger partial charge in [0, 0.05) is 17.4 Å². The highest BCUT2D eigenvalue weighted by atomic mass is 15.1. The van der Waals surface area contributed by atoms with E-state index in [2.05, 4.69) is 30.5 Å². The van der Waals surface area contributed by atoms with Gasteiger partial charge in [0.2, 0.25) is 0 Å². The fourth-order valence-corrected chi connectivity index (χ4v) is 1.59. The van der Waals surface area contributed by atoms with Crippen LogP contribution in [-0.2, 0) is 0 Å². The third kappa shape index (κ3) is 0.772. The molecule has 1 heteroatoms. The van der Waals surface area contributed by atoms with E-state index < -0.39 is 0 Å². The van der Waals surface area contributed by atoms with Crippen LogP contribution < -0.4 is 0 Å². The summed E-state index contributed by atoms with van der Waals surface area (Å²) in [6, 6.07) is 5.25. The number of nitrogens with zero attached hydrogens (tertiary/aromatic N) is 1. The summed E-state index contributed by atoms with van der Waals surface area (Å²) in [4.78, 5) is 0. The van der Waals surface area contributed by atoms with Gasteiger partial charge >= 0.3 is 0 Å². The number of hydrogen-bond acceptors (Lipinski definition) is 0. The van der Waals surface area contributed by atoms with Crippen molar-refractivity contribution in [2.45, 2.75) is 32.7 Å². The molecule has 1 aromatic rings. The lowest BCUT2D eigenvalue weighted by molar-refractivity contribution is 0.699. The number of rotatable bonds is 1. The summed E-state index contributed by atoms with van der Waals surface area (Å²) in [6.45, 7) is 4.37. The summed E-state index contributed by atoms with van der Waals surface area (Å²) < 4.78 is 2.44. The monoisotopic (exact) mass is 135 g/mol. The van der Waals surface area contributed by atoms with Gasteiger partial charge in [-0.1, -0.05) is 0 Å². The molecule has 0 atom stereocenters. The summed E-state index contributed by atoms with van der Waals surface area (Å²) in [5, 5.41) is 0. The van der Waals surface area contributed by atoms with E-state index in [0.717, 1.165) is 6.04 Å². The topological polar surface area (TPSA) is 4.93 Å². The lowest BCUT2D eigenvalue weighted by atomic mass is 10.5. The van der Waals surface area contributed by atoms with Crippen molar-refractivity contribution in [2.24, 2.45) is 0 Å². The zero-order chi connectivity index (χ0) is 7.14. The molecule has 0 spiro atoms. The second-order valence-corrected chi connectivity index (χ2v) is 3.22. The molecule has 1 saturated carbocycles. The average Bonchev–Trinajstić information content (AvgIpc) is 2.64. The molecule has 10 heavy (non-hydrogen) atoms. The van der Waals surface area contributed by atoms with E-state index in [9.17, 15) is 0 Å². The first-order valence-corrected chi connectivity index (χ1v) is 3.93. The van der Waals surface area contributed by atoms with Crippen LogP contribution >= 0.6 is 0 Å². The van der Waals surface area contributed by atoms with Gasteiger partial charge in [0.1, 0.15) is 0 Å². The van der Waals surface area contributed by atoms with Crippen molar-refractivity contribution in [3.05, 3.63) is 23.5 Å². The maximum Gasteiger partial charge on any atom is 0.0337 e. The van der Waals surface area contributed by atoms with Gasteiger partial charge < -0.3 is 4.57 Å². The van der Waals surface area contributed by atoms with E-state index in [1.807, 2.05) is 0 Å². The highest BCUT2D eigenvalue weighted by Crippen LogP contribution is 2.37. The quantitative estimate of drug-likeness (QED) is 0.557. The Balaban J connectivity index is 2.44. The molecule has 0 saturated heterocycles. The van der Waals surface area contributed by atoms with Crippen LogP contribution in [0.5, 0.6) is 0 Å². The standard InChI is InChI=1S/C9H13N/c1-7-3-4-8(2)10(7)9-5-6-9/h3-4,9H,5-6H2,1-2H3. The van der Waals surface area contributed by atoms with Crippen LogP contribution in [-0.4, -0.2) is 4.57 Å². The van der Waals surface area contributed by atoms with Crippen LogP contribution in [0.1, 0.15) is 30.3 Å². The van der Waals surface area contributed by atoms with Crippen molar-refractivity contribution >= 4 is 0 Å². The molecular formula is C9H13N. The third-order valence-electron chi connectivity index (χ3n) is 2.24. The first-order valence-electron chi connectivity index (χ1n) is 3.93. The smallest absolute Gasteiger partial charge is 0.0337 e. The van der Waals surface area contributed by atoms with Crippen LogP contribution in [0.2, 0.25) is 0 Å². The van der Waals surface area contributed by atoms with E-state index in [-0.39, 0.29) is 0 Å². The number of aryl methyl sites for hydroxylation is 2. The van der Waals surface area contributed by atoms with Gasteiger partial charge in [0.25, 0.3) is 0 Å². The fraction of sp³-hybridized carbons (Fsp3) is 0.556. The molecule has 0 N–H and O–H groups in total. The second kappa shape index (κ2) is 1.88. The van der Waals surface area contributed by atoms with Crippen molar-refractivity contribution in [3.63, 3.8) is 0 Å². The van der Waals surface area contributed by atoms with Gasteiger partial charge in [-0.15, -0.1) is 0 Å². The average molecular weight is 135 g/mol. The fourth-order valence-electron chi connectivity index (χ4n) is 1.59. The number of hydrogen-bond donors (Lipinski definition) is 0. The maximum atomic E-state index is 2.44. The normalized spacial score (nSPS) is 17.8. The minimum absolute atomic E-state index is 0.843. The Morgan fingerprint density at radius 2 is 1.70 bits per heavy atom. The summed E-state index contributed by atoms with van der Waals surface area (Å²) >= 11 is 0. The molecule has 0 unspecified atom stereocenters. The van der Waals surface area contributed by atoms with Gasteiger partial charge in [-0.25, -0.2) is 0 Å². The van der Waals surface area contributed by atoms with Crippen molar-refractivity contribution in [1.29, 1.82) is 0 Å². The van der Waals surface area contributed by atoms with Gasteiger partial charge in [-0.3, -0.25) is 0 Å². The van der Waals surface area contributed by atoms with Gasteiger partial charge in [-0.05, 0) is 38.8 Å². The number of aromatic nitrogens is 1. The molecule has 0 aromatic carbocycles. The van der Waals surface area contributed by atoms with Crippen LogP contribution in [0.15, 0.2) is 12.1 Å². The molecular weight excluding hydrogens is 122 g/mol. The molecule has 0 bridgehead atoms. The Kier molecular flexibility index (Phi) is 1.13. The van der Waals surface area contributed by atoms with Crippen molar-refractivity contribution in [2.75, 3.05) is 0 Å².